The van der Waals surface area contributed by atoms with Crippen LogP contribution in [0.4, 0.5) is 0 Å². The summed E-state index contributed by atoms with van der Waals surface area (Å²) < 4.78 is 5.45. The molecule has 0 N–H and O–H groups in total. The number of likely N-dealkylation sites (tertiary alicyclic amines) is 1. The summed E-state index contributed by atoms with van der Waals surface area (Å²) in [6.45, 7) is 4.49. The van der Waals surface area contributed by atoms with Gasteiger partial charge in [0, 0.05) is 38.7 Å². The van der Waals surface area contributed by atoms with Crippen LogP contribution in [0.2, 0.25) is 0 Å². The molecule has 5 nitrogen and oxygen atoms in total. The molecule has 0 radical (unpaired) electrons. The molecule has 0 spiro atoms. The SMILES string of the molecule is CCOc1ccc(CN(C)C(=O)c2cccc(CN3CCCC3=O)c2)cc1. The van der Waals surface area contributed by atoms with E-state index >= 15 is 0 Å². The number of ether oxygens (including phenoxy) is 1. The number of hydrogen-bond donors (Lipinski definition) is 0. The largest absolute Gasteiger partial charge is 0.494 e. The molecule has 2 amide bonds. The van der Waals surface area contributed by atoms with E-state index in [1.807, 2.05) is 60.4 Å². The summed E-state index contributed by atoms with van der Waals surface area (Å²) in [5, 5.41) is 0. The van der Waals surface area contributed by atoms with Crippen molar-refractivity contribution in [2.75, 3.05) is 20.2 Å². The van der Waals surface area contributed by atoms with Gasteiger partial charge < -0.3 is 14.5 Å². The molecule has 0 saturated carbocycles. The number of carbonyl (C=O) groups excluding carboxylic acids is 2. The van der Waals surface area contributed by atoms with Crippen molar-refractivity contribution in [1.82, 2.24) is 9.80 Å². The van der Waals surface area contributed by atoms with E-state index in [4.69, 9.17) is 4.74 Å². The van der Waals surface area contributed by atoms with Gasteiger partial charge >= 0.3 is 0 Å². The van der Waals surface area contributed by atoms with Crippen LogP contribution in [-0.2, 0) is 17.9 Å². The highest BCUT2D eigenvalue weighted by Crippen LogP contribution is 2.17. The summed E-state index contributed by atoms with van der Waals surface area (Å²) in [6.07, 6.45) is 1.55. The lowest BCUT2D eigenvalue weighted by molar-refractivity contribution is -0.128. The summed E-state index contributed by atoms with van der Waals surface area (Å²) in [7, 11) is 1.80. The van der Waals surface area contributed by atoms with Crippen molar-refractivity contribution in [3.8, 4) is 5.75 Å². The molecule has 0 bridgehead atoms. The second-order valence-electron chi connectivity index (χ2n) is 6.86. The second-order valence-corrected chi connectivity index (χ2v) is 6.86. The van der Waals surface area contributed by atoms with Crippen molar-refractivity contribution in [2.45, 2.75) is 32.9 Å². The first kappa shape index (κ1) is 19.0. The molecule has 1 saturated heterocycles. The molecule has 2 aromatic rings. The van der Waals surface area contributed by atoms with Gasteiger partial charge in [0.05, 0.1) is 6.61 Å². The maximum Gasteiger partial charge on any atom is 0.253 e. The van der Waals surface area contributed by atoms with Gasteiger partial charge in [0.1, 0.15) is 5.75 Å². The summed E-state index contributed by atoms with van der Waals surface area (Å²) in [4.78, 5) is 28.2. The molecule has 142 valence electrons. The first-order chi connectivity index (χ1) is 13.1. The number of nitrogens with zero attached hydrogens (tertiary/aromatic N) is 2. The monoisotopic (exact) mass is 366 g/mol. The average molecular weight is 366 g/mol. The van der Waals surface area contributed by atoms with Crippen LogP contribution in [0.15, 0.2) is 48.5 Å². The van der Waals surface area contributed by atoms with Gasteiger partial charge in [-0.15, -0.1) is 0 Å². The molecule has 1 aliphatic rings. The van der Waals surface area contributed by atoms with E-state index in [1.165, 1.54) is 0 Å². The summed E-state index contributed by atoms with van der Waals surface area (Å²) in [6, 6.07) is 15.4. The molecule has 27 heavy (non-hydrogen) atoms. The Morgan fingerprint density at radius 3 is 2.59 bits per heavy atom. The predicted molar refractivity (Wildman–Crippen MR) is 105 cm³/mol. The van der Waals surface area contributed by atoms with Crippen molar-refractivity contribution in [1.29, 1.82) is 0 Å². The lowest BCUT2D eigenvalue weighted by Crippen LogP contribution is -2.27. The zero-order chi connectivity index (χ0) is 19.2. The van der Waals surface area contributed by atoms with E-state index in [-0.39, 0.29) is 11.8 Å². The van der Waals surface area contributed by atoms with Crippen LogP contribution in [0, 0.1) is 0 Å². The Balaban J connectivity index is 1.63. The van der Waals surface area contributed by atoms with Crippen molar-refractivity contribution >= 4 is 11.8 Å². The third-order valence-corrected chi connectivity index (χ3v) is 4.72. The highest BCUT2D eigenvalue weighted by atomic mass is 16.5. The minimum absolute atomic E-state index is 0.0292. The van der Waals surface area contributed by atoms with Crippen LogP contribution in [0.5, 0.6) is 5.75 Å². The van der Waals surface area contributed by atoms with Crippen molar-refractivity contribution in [3.63, 3.8) is 0 Å². The van der Waals surface area contributed by atoms with Crippen LogP contribution in [0.1, 0.15) is 41.3 Å². The fourth-order valence-corrected chi connectivity index (χ4v) is 3.32. The zero-order valence-electron chi connectivity index (χ0n) is 16.0. The van der Waals surface area contributed by atoms with E-state index in [0.29, 0.717) is 31.7 Å². The molecule has 0 aliphatic carbocycles. The third kappa shape index (κ3) is 4.88. The lowest BCUT2D eigenvalue weighted by Gasteiger charge is -2.19. The van der Waals surface area contributed by atoms with Crippen molar-refractivity contribution in [2.24, 2.45) is 0 Å². The van der Waals surface area contributed by atoms with E-state index < -0.39 is 0 Å². The first-order valence-corrected chi connectivity index (χ1v) is 9.40. The molecule has 2 aromatic carbocycles. The molecule has 0 aromatic heterocycles. The first-order valence-electron chi connectivity index (χ1n) is 9.40. The Bertz CT molecular complexity index is 801. The normalized spacial score (nSPS) is 13.7. The van der Waals surface area contributed by atoms with Crippen LogP contribution < -0.4 is 4.74 Å². The zero-order valence-corrected chi connectivity index (χ0v) is 16.0. The lowest BCUT2D eigenvalue weighted by atomic mass is 10.1. The maximum absolute atomic E-state index is 12.8. The van der Waals surface area contributed by atoms with Gasteiger partial charge in [-0.05, 0) is 48.7 Å². The fourth-order valence-electron chi connectivity index (χ4n) is 3.32. The van der Waals surface area contributed by atoms with E-state index in [1.54, 1.807) is 11.9 Å². The topological polar surface area (TPSA) is 49.9 Å². The maximum atomic E-state index is 12.8. The molecule has 3 rings (SSSR count). The van der Waals surface area contributed by atoms with Gasteiger partial charge in [-0.1, -0.05) is 24.3 Å². The van der Waals surface area contributed by atoms with Crippen LogP contribution in [0.3, 0.4) is 0 Å². The van der Waals surface area contributed by atoms with Crippen LogP contribution in [-0.4, -0.2) is 41.8 Å². The Hall–Kier alpha value is -2.82. The van der Waals surface area contributed by atoms with Gasteiger partial charge in [0.15, 0.2) is 0 Å². The van der Waals surface area contributed by atoms with Crippen molar-refractivity contribution < 1.29 is 14.3 Å². The number of amides is 2. The van der Waals surface area contributed by atoms with Crippen LogP contribution in [0.25, 0.3) is 0 Å². The minimum atomic E-state index is -0.0292. The molecular formula is C22H26N2O3. The molecule has 1 aliphatic heterocycles. The molecule has 1 fully saturated rings. The minimum Gasteiger partial charge on any atom is -0.494 e. The number of hydrogen-bond acceptors (Lipinski definition) is 3. The van der Waals surface area contributed by atoms with Gasteiger partial charge in [-0.3, -0.25) is 9.59 Å². The molecular weight excluding hydrogens is 340 g/mol. The Morgan fingerprint density at radius 1 is 1.15 bits per heavy atom. The number of carbonyl (C=O) groups is 2. The van der Waals surface area contributed by atoms with E-state index in [0.717, 1.165) is 29.8 Å². The Morgan fingerprint density at radius 2 is 1.93 bits per heavy atom. The quantitative estimate of drug-likeness (QED) is 0.754. The molecule has 1 heterocycles. The number of rotatable bonds is 7. The van der Waals surface area contributed by atoms with Crippen molar-refractivity contribution in [3.05, 3.63) is 65.2 Å². The molecule has 5 heteroatoms. The summed E-state index contributed by atoms with van der Waals surface area (Å²) >= 11 is 0. The molecule has 0 atom stereocenters. The fraction of sp³-hybridized carbons (Fsp3) is 0.364. The summed E-state index contributed by atoms with van der Waals surface area (Å²) in [5.74, 6) is 0.997. The highest BCUT2D eigenvalue weighted by Gasteiger charge is 2.20. The second kappa shape index (κ2) is 8.71. The predicted octanol–water partition coefficient (Wildman–Crippen LogP) is 3.48. The van der Waals surface area contributed by atoms with Gasteiger partial charge in [0.2, 0.25) is 5.91 Å². The number of benzene rings is 2. The van der Waals surface area contributed by atoms with E-state index in [9.17, 15) is 9.59 Å². The smallest absolute Gasteiger partial charge is 0.253 e. The Labute approximate surface area is 160 Å². The van der Waals surface area contributed by atoms with Crippen LogP contribution >= 0.6 is 0 Å². The van der Waals surface area contributed by atoms with Gasteiger partial charge in [0.25, 0.3) is 5.91 Å². The van der Waals surface area contributed by atoms with Gasteiger partial charge in [-0.25, -0.2) is 0 Å². The highest BCUT2D eigenvalue weighted by molar-refractivity contribution is 5.94. The third-order valence-electron chi connectivity index (χ3n) is 4.72. The van der Waals surface area contributed by atoms with E-state index in [2.05, 4.69) is 0 Å². The average Bonchev–Trinajstić information content (AvgIpc) is 3.08. The summed E-state index contributed by atoms with van der Waals surface area (Å²) in [5.41, 5.74) is 2.69. The molecule has 0 unspecified atom stereocenters. The van der Waals surface area contributed by atoms with Gasteiger partial charge in [-0.2, -0.15) is 0 Å². The Kier molecular flexibility index (Phi) is 6.12. The standard InChI is InChI=1S/C22H26N2O3/c1-3-27-20-11-9-17(10-12-20)15-23(2)22(26)19-7-4-6-18(14-19)16-24-13-5-8-21(24)25/h4,6-7,9-12,14H,3,5,8,13,15-16H2,1-2H3.